The van der Waals surface area contributed by atoms with Crippen molar-refractivity contribution in [1.82, 2.24) is 5.32 Å². The van der Waals surface area contributed by atoms with Gasteiger partial charge in [-0.25, -0.2) is 0 Å². The van der Waals surface area contributed by atoms with Crippen molar-refractivity contribution in [3.63, 3.8) is 0 Å². The Bertz CT molecular complexity index is 757. The van der Waals surface area contributed by atoms with Gasteiger partial charge in [-0.05, 0) is 35.7 Å². The Morgan fingerprint density at radius 1 is 1.12 bits per heavy atom. The quantitative estimate of drug-likeness (QED) is 0.254. The summed E-state index contributed by atoms with van der Waals surface area (Å²) < 4.78 is 0. The van der Waals surface area contributed by atoms with Gasteiger partial charge < -0.3 is 21.6 Å². The van der Waals surface area contributed by atoms with Crippen molar-refractivity contribution < 1.29 is 14.7 Å². The van der Waals surface area contributed by atoms with Crippen LogP contribution in [-0.2, 0) is 17.8 Å². The lowest BCUT2D eigenvalue weighted by atomic mass is 10.1. The maximum absolute atomic E-state index is 12.2. The number of hydrogen-bond donors (Lipinski definition) is 4. The second-order valence-electron chi connectivity index (χ2n) is 5.40. The molecule has 5 N–H and O–H groups in total. The number of anilines is 1. The number of carbonyl (C=O) groups is 2. The van der Waals surface area contributed by atoms with E-state index >= 15 is 0 Å². The number of nitrogens with one attached hydrogen (secondary N) is 2. The van der Waals surface area contributed by atoms with Gasteiger partial charge in [-0.3, -0.25) is 9.59 Å². The molecule has 25 heavy (non-hydrogen) atoms. The SMILES string of the molecule is NN=CNc1cccc(C(=O)NCc2ccc(CCC(=O)O)cc2)c1. The molecule has 0 radical (unpaired) electrons. The first-order valence-corrected chi connectivity index (χ1v) is 7.74. The van der Waals surface area contributed by atoms with E-state index in [1.807, 2.05) is 24.3 Å². The minimum absolute atomic E-state index is 0.106. The number of carboxylic acid groups (broad SMARTS) is 1. The predicted octanol–water partition coefficient (Wildman–Crippen LogP) is 1.95. The molecule has 0 atom stereocenters. The van der Waals surface area contributed by atoms with Crippen molar-refractivity contribution in [3.8, 4) is 0 Å². The highest BCUT2D eigenvalue weighted by Gasteiger charge is 2.06. The predicted molar refractivity (Wildman–Crippen MR) is 96.3 cm³/mol. The maximum atomic E-state index is 12.2. The second kappa shape index (κ2) is 9.07. The molecule has 0 aliphatic carbocycles. The molecule has 0 spiro atoms. The van der Waals surface area contributed by atoms with Gasteiger partial charge in [0.1, 0.15) is 6.34 Å². The van der Waals surface area contributed by atoms with Crippen molar-refractivity contribution in [2.75, 3.05) is 5.32 Å². The summed E-state index contributed by atoms with van der Waals surface area (Å²) >= 11 is 0. The van der Waals surface area contributed by atoms with E-state index in [2.05, 4.69) is 15.7 Å². The molecule has 7 nitrogen and oxygen atoms in total. The molecular formula is C18H20N4O3. The molecule has 0 unspecified atom stereocenters. The molecular weight excluding hydrogens is 320 g/mol. The molecule has 0 heterocycles. The molecule has 0 aliphatic heterocycles. The van der Waals surface area contributed by atoms with Gasteiger partial charge in [0.05, 0.1) is 0 Å². The first-order valence-electron chi connectivity index (χ1n) is 7.74. The van der Waals surface area contributed by atoms with Gasteiger partial charge >= 0.3 is 5.97 Å². The molecule has 0 fully saturated rings. The van der Waals surface area contributed by atoms with E-state index in [9.17, 15) is 9.59 Å². The number of amides is 1. The van der Waals surface area contributed by atoms with Gasteiger partial charge in [0.15, 0.2) is 0 Å². The van der Waals surface area contributed by atoms with Crippen LogP contribution in [0.25, 0.3) is 0 Å². The number of nitrogens with two attached hydrogens (primary N) is 1. The Balaban J connectivity index is 1.90. The monoisotopic (exact) mass is 340 g/mol. The number of rotatable bonds is 8. The van der Waals surface area contributed by atoms with Crippen LogP contribution in [0.3, 0.4) is 0 Å². The smallest absolute Gasteiger partial charge is 0.303 e. The van der Waals surface area contributed by atoms with Crippen LogP contribution in [0.15, 0.2) is 53.6 Å². The molecule has 0 aromatic heterocycles. The second-order valence-corrected chi connectivity index (χ2v) is 5.40. The van der Waals surface area contributed by atoms with Gasteiger partial charge in [-0.2, -0.15) is 5.10 Å². The highest BCUT2D eigenvalue weighted by molar-refractivity contribution is 5.95. The Kier molecular flexibility index (Phi) is 6.53. The zero-order valence-corrected chi connectivity index (χ0v) is 13.6. The van der Waals surface area contributed by atoms with Gasteiger partial charge in [-0.1, -0.05) is 30.3 Å². The number of hydrazone groups is 1. The van der Waals surface area contributed by atoms with Crippen molar-refractivity contribution in [2.45, 2.75) is 19.4 Å². The van der Waals surface area contributed by atoms with E-state index in [-0.39, 0.29) is 12.3 Å². The van der Waals surface area contributed by atoms with E-state index in [0.29, 0.717) is 24.2 Å². The fourth-order valence-corrected chi connectivity index (χ4v) is 2.22. The molecule has 1 amide bonds. The number of aryl methyl sites for hydroxylation is 1. The Morgan fingerprint density at radius 2 is 1.84 bits per heavy atom. The summed E-state index contributed by atoms with van der Waals surface area (Å²) in [4.78, 5) is 22.8. The highest BCUT2D eigenvalue weighted by Crippen LogP contribution is 2.11. The van der Waals surface area contributed by atoms with Crippen LogP contribution in [0, 0.1) is 0 Å². The minimum Gasteiger partial charge on any atom is -0.481 e. The zero-order valence-electron chi connectivity index (χ0n) is 13.6. The van der Waals surface area contributed by atoms with E-state index in [4.69, 9.17) is 10.9 Å². The van der Waals surface area contributed by atoms with E-state index in [0.717, 1.165) is 11.1 Å². The fraction of sp³-hybridized carbons (Fsp3) is 0.167. The molecule has 2 rings (SSSR count). The fourth-order valence-electron chi connectivity index (χ4n) is 2.22. The number of nitrogens with zero attached hydrogens (tertiary/aromatic N) is 1. The first kappa shape index (κ1) is 18.0. The van der Waals surface area contributed by atoms with Crippen LogP contribution in [0.1, 0.15) is 27.9 Å². The summed E-state index contributed by atoms with van der Waals surface area (Å²) in [6.45, 7) is 0.389. The van der Waals surface area contributed by atoms with Crippen LogP contribution in [-0.4, -0.2) is 23.3 Å². The normalized spacial score (nSPS) is 10.6. The van der Waals surface area contributed by atoms with Crippen LogP contribution >= 0.6 is 0 Å². The van der Waals surface area contributed by atoms with E-state index in [1.54, 1.807) is 24.3 Å². The van der Waals surface area contributed by atoms with Gasteiger partial charge in [0.2, 0.25) is 0 Å². The lowest BCUT2D eigenvalue weighted by Gasteiger charge is -2.08. The number of hydrogen-bond acceptors (Lipinski definition) is 4. The standard InChI is InChI=1S/C18H20N4O3/c19-22-12-21-16-3-1-2-15(10-16)18(25)20-11-14-6-4-13(5-7-14)8-9-17(23)24/h1-7,10,12H,8-9,11,19H2,(H,20,25)(H,21,22)(H,23,24). The molecule has 0 bridgehead atoms. The van der Waals surface area contributed by atoms with Crippen molar-refractivity contribution in [3.05, 3.63) is 65.2 Å². The molecule has 130 valence electrons. The molecule has 0 aliphatic rings. The zero-order chi connectivity index (χ0) is 18.1. The summed E-state index contributed by atoms with van der Waals surface area (Å²) in [6, 6.07) is 14.5. The number of aliphatic carboxylic acids is 1. The number of carbonyl (C=O) groups excluding carboxylic acids is 1. The van der Waals surface area contributed by atoms with Crippen molar-refractivity contribution >= 4 is 23.9 Å². The van der Waals surface area contributed by atoms with Gasteiger partial charge in [-0.15, -0.1) is 0 Å². The third-order valence-electron chi connectivity index (χ3n) is 3.53. The van der Waals surface area contributed by atoms with Crippen LogP contribution < -0.4 is 16.5 Å². The minimum atomic E-state index is -0.814. The number of benzene rings is 2. The first-order chi connectivity index (χ1) is 12.1. The van der Waals surface area contributed by atoms with E-state index < -0.39 is 5.97 Å². The third-order valence-corrected chi connectivity index (χ3v) is 3.53. The van der Waals surface area contributed by atoms with Crippen molar-refractivity contribution in [1.29, 1.82) is 0 Å². The lowest BCUT2D eigenvalue weighted by Crippen LogP contribution is -2.22. The molecule has 2 aromatic carbocycles. The molecule has 0 saturated carbocycles. The summed E-state index contributed by atoms with van der Waals surface area (Å²) in [5.74, 6) is 4.02. The summed E-state index contributed by atoms with van der Waals surface area (Å²) in [5, 5.41) is 17.7. The highest BCUT2D eigenvalue weighted by atomic mass is 16.4. The van der Waals surface area contributed by atoms with E-state index in [1.165, 1.54) is 6.34 Å². The average molecular weight is 340 g/mol. The summed E-state index contributed by atoms with van der Waals surface area (Å²) in [6.07, 6.45) is 1.94. The summed E-state index contributed by atoms with van der Waals surface area (Å²) in [7, 11) is 0. The largest absolute Gasteiger partial charge is 0.481 e. The lowest BCUT2D eigenvalue weighted by molar-refractivity contribution is -0.136. The van der Waals surface area contributed by atoms with Gasteiger partial charge in [0.25, 0.3) is 5.91 Å². The Morgan fingerprint density at radius 3 is 2.52 bits per heavy atom. The topological polar surface area (TPSA) is 117 Å². The van der Waals surface area contributed by atoms with Crippen LogP contribution in [0.5, 0.6) is 0 Å². The Hall–Kier alpha value is -3.35. The van der Waals surface area contributed by atoms with Crippen LogP contribution in [0.4, 0.5) is 5.69 Å². The Labute approximate surface area is 145 Å². The molecule has 2 aromatic rings. The van der Waals surface area contributed by atoms with Crippen molar-refractivity contribution in [2.24, 2.45) is 10.9 Å². The third kappa shape index (κ3) is 5.98. The average Bonchev–Trinajstić information content (AvgIpc) is 2.63. The molecule has 0 saturated heterocycles. The van der Waals surface area contributed by atoms with Crippen LogP contribution in [0.2, 0.25) is 0 Å². The molecule has 7 heteroatoms. The maximum Gasteiger partial charge on any atom is 0.303 e. The van der Waals surface area contributed by atoms with Gasteiger partial charge in [0, 0.05) is 24.2 Å². The summed E-state index contributed by atoms with van der Waals surface area (Å²) in [5.41, 5.74) is 3.13. The number of carboxylic acids is 1.